The van der Waals surface area contributed by atoms with E-state index in [1.807, 2.05) is 0 Å². The molecule has 0 heterocycles. The Morgan fingerprint density at radius 1 is 1.73 bits per heavy atom. The Hall–Kier alpha value is -1.51. The van der Waals surface area contributed by atoms with Crippen LogP contribution >= 0.6 is 0 Å². The molecule has 3 heteroatoms. The van der Waals surface area contributed by atoms with E-state index in [-0.39, 0.29) is 11.7 Å². The molecule has 1 radical (unpaired) electrons. The molecule has 0 aliphatic heterocycles. The second-order valence-electron chi connectivity index (χ2n) is 2.11. The molecule has 1 aromatic rings. The van der Waals surface area contributed by atoms with E-state index in [1.165, 1.54) is 6.92 Å². The van der Waals surface area contributed by atoms with Gasteiger partial charge in [0.25, 0.3) is 0 Å². The summed E-state index contributed by atoms with van der Waals surface area (Å²) in [7, 11) is 0. The highest BCUT2D eigenvalue weighted by Crippen LogP contribution is 2.20. The first kappa shape index (κ1) is 7.60. The van der Waals surface area contributed by atoms with Crippen molar-refractivity contribution in [1.82, 2.24) is 0 Å². The maximum atomic E-state index is 10.5. The number of aromatic hydroxyl groups is 1. The largest absolute Gasteiger partial charge is 0.505 e. The van der Waals surface area contributed by atoms with Crippen molar-refractivity contribution in [1.29, 1.82) is 0 Å². The molecule has 1 amide bonds. The van der Waals surface area contributed by atoms with Crippen molar-refractivity contribution >= 4 is 11.6 Å². The topological polar surface area (TPSA) is 49.3 Å². The lowest BCUT2D eigenvalue weighted by molar-refractivity contribution is -0.114. The van der Waals surface area contributed by atoms with Crippen LogP contribution in [0.3, 0.4) is 0 Å². The van der Waals surface area contributed by atoms with Crippen molar-refractivity contribution in [2.45, 2.75) is 6.92 Å². The fraction of sp³-hybridized carbons (Fsp3) is 0.125. The van der Waals surface area contributed by atoms with Gasteiger partial charge in [-0.2, -0.15) is 0 Å². The monoisotopic (exact) mass is 150 g/mol. The summed E-state index contributed by atoms with van der Waals surface area (Å²) in [6.45, 7) is 1.38. The summed E-state index contributed by atoms with van der Waals surface area (Å²) in [4.78, 5) is 10.5. The lowest BCUT2D eigenvalue weighted by Gasteiger charge is -2.02. The highest BCUT2D eigenvalue weighted by atomic mass is 16.3. The molecule has 0 spiro atoms. The number of hydrogen-bond donors (Lipinski definition) is 2. The van der Waals surface area contributed by atoms with Crippen LogP contribution in [-0.2, 0) is 4.79 Å². The van der Waals surface area contributed by atoms with Gasteiger partial charge in [-0.3, -0.25) is 4.79 Å². The average Bonchev–Trinajstić information content (AvgIpc) is 1.93. The second kappa shape index (κ2) is 3.05. The van der Waals surface area contributed by atoms with E-state index >= 15 is 0 Å². The third-order valence-corrected chi connectivity index (χ3v) is 1.14. The molecule has 1 aromatic carbocycles. The minimum atomic E-state index is -0.208. The van der Waals surface area contributed by atoms with Gasteiger partial charge in [0, 0.05) is 13.0 Å². The number of amides is 1. The molecule has 0 aliphatic carbocycles. The Morgan fingerprint density at radius 3 is 3.00 bits per heavy atom. The van der Waals surface area contributed by atoms with Gasteiger partial charge in [-0.1, -0.05) is 12.1 Å². The molecule has 57 valence electrons. The zero-order valence-corrected chi connectivity index (χ0v) is 6.09. The van der Waals surface area contributed by atoms with Gasteiger partial charge in [0.15, 0.2) is 0 Å². The minimum Gasteiger partial charge on any atom is -0.505 e. The molecule has 0 saturated carbocycles. The summed E-state index contributed by atoms with van der Waals surface area (Å²) in [5.74, 6) is -0.248. The van der Waals surface area contributed by atoms with Gasteiger partial charge in [0.2, 0.25) is 5.91 Å². The number of anilines is 1. The Labute approximate surface area is 64.7 Å². The number of nitrogens with one attached hydrogen (secondary N) is 1. The van der Waals surface area contributed by atoms with Crippen molar-refractivity contribution < 1.29 is 9.90 Å². The number of para-hydroxylation sites is 1. The first-order chi connectivity index (χ1) is 5.20. The molecular weight excluding hydrogens is 142 g/mol. The van der Waals surface area contributed by atoms with Crippen LogP contribution < -0.4 is 5.32 Å². The van der Waals surface area contributed by atoms with Crippen molar-refractivity contribution in [3.8, 4) is 5.75 Å². The summed E-state index contributed by atoms with van der Waals surface area (Å²) in [5, 5.41) is 11.5. The smallest absolute Gasteiger partial charge is 0.221 e. The van der Waals surface area contributed by atoms with Gasteiger partial charge in [0.05, 0.1) is 5.69 Å². The molecule has 11 heavy (non-hydrogen) atoms. The van der Waals surface area contributed by atoms with Crippen molar-refractivity contribution in [2.24, 2.45) is 0 Å². The van der Waals surface area contributed by atoms with E-state index in [0.717, 1.165) is 0 Å². The van der Waals surface area contributed by atoms with Crippen LogP contribution in [0.15, 0.2) is 18.2 Å². The standard InChI is InChI=1S/C8H8NO2/c1-6(10)9-7-4-2-3-5-8(7)11/h2-4,11H,1H3,(H,9,10). The maximum Gasteiger partial charge on any atom is 0.221 e. The van der Waals surface area contributed by atoms with Gasteiger partial charge < -0.3 is 10.4 Å². The van der Waals surface area contributed by atoms with Crippen molar-refractivity contribution in [3.63, 3.8) is 0 Å². The molecule has 0 saturated heterocycles. The van der Waals surface area contributed by atoms with Crippen molar-refractivity contribution in [2.75, 3.05) is 5.32 Å². The highest BCUT2D eigenvalue weighted by Gasteiger charge is 1.99. The predicted octanol–water partition coefficient (Wildman–Crippen LogP) is 1.15. The Balaban J connectivity index is 2.86. The lowest BCUT2D eigenvalue weighted by atomic mass is 10.3. The molecular formula is C8H8NO2. The summed E-state index contributed by atoms with van der Waals surface area (Å²) in [6, 6.07) is 7.41. The molecule has 0 fully saturated rings. The average molecular weight is 150 g/mol. The lowest BCUT2D eigenvalue weighted by Crippen LogP contribution is -2.05. The van der Waals surface area contributed by atoms with Crippen LogP contribution in [0, 0.1) is 6.07 Å². The molecule has 2 N–H and O–H groups in total. The summed E-state index contributed by atoms with van der Waals surface area (Å²) in [5.41, 5.74) is 0.389. The Kier molecular flexibility index (Phi) is 2.11. The number of benzene rings is 1. The molecule has 0 atom stereocenters. The van der Waals surface area contributed by atoms with Crippen LogP contribution in [0.4, 0.5) is 5.69 Å². The maximum absolute atomic E-state index is 10.5. The molecule has 3 nitrogen and oxygen atoms in total. The van der Waals surface area contributed by atoms with Gasteiger partial charge in [-0.25, -0.2) is 0 Å². The fourth-order valence-electron chi connectivity index (χ4n) is 0.719. The number of carbonyl (C=O) groups excluding carboxylic acids is 1. The highest BCUT2D eigenvalue weighted by molar-refractivity contribution is 5.90. The van der Waals surface area contributed by atoms with Crippen LogP contribution in [0.25, 0.3) is 0 Å². The molecule has 1 rings (SSSR count). The van der Waals surface area contributed by atoms with E-state index in [1.54, 1.807) is 18.2 Å². The third kappa shape index (κ3) is 1.97. The van der Waals surface area contributed by atoms with Crippen LogP contribution in [0.5, 0.6) is 5.75 Å². The van der Waals surface area contributed by atoms with Crippen LogP contribution in [-0.4, -0.2) is 11.0 Å². The molecule has 0 aliphatic rings. The summed E-state index contributed by atoms with van der Waals surface area (Å²) >= 11 is 0. The summed E-state index contributed by atoms with van der Waals surface area (Å²) in [6.07, 6.45) is 0. The minimum absolute atomic E-state index is 0.0392. The van der Waals surface area contributed by atoms with E-state index in [9.17, 15) is 4.79 Å². The van der Waals surface area contributed by atoms with Gasteiger partial charge in [-0.15, -0.1) is 0 Å². The third-order valence-electron chi connectivity index (χ3n) is 1.14. The Bertz CT molecular complexity index is 271. The Morgan fingerprint density at radius 2 is 2.45 bits per heavy atom. The van der Waals surface area contributed by atoms with Crippen LogP contribution in [0.1, 0.15) is 6.92 Å². The second-order valence-corrected chi connectivity index (χ2v) is 2.11. The van der Waals surface area contributed by atoms with E-state index in [0.29, 0.717) is 5.69 Å². The number of hydrogen-bond acceptors (Lipinski definition) is 2. The zero-order chi connectivity index (χ0) is 8.27. The number of rotatable bonds is 1. The van der Waals surface area contributed by atoms with Crippen molar-refractivity contribution in [3.05, 3.63) is 24.3 Å². The normalized spacial score (nSPS) is 9.18. The van der Waals surface area contributed by atoms with Gasteiger partial charge in [0.1, 0.15) is 5.75 Å². The SMILES string of the molecule is CC(=O)Nc1ccc[c]c1O. The first-order valence-electron chi connectivity index (χ1n) is 3.17. The van der Waals surface area contributed by atoms with Gasteiger partial charge >= 0.3 is 0 Å². The predicted molar refractivity (Wildman–Crippen MR) is 41.2 cm³/mol. The zero-order valence-electron chi connectivity index (χ0n) is 6.09. The molecule has 0 aromatic heterocycles. The number of phenols is 1. The quantitative estimate of drug-likeness (QED) is 0.590. The number of phenolic OH excluding ortho intramolecular Hbond substituents is 1. The van der Waals surface area contributed by atoms with E-state index < -0.39 is 0 Å². The molecule has 0 unspecified atom stereocenters. The van der Waals surface area contributed by atoms with E-state index in [2.05, 4.69) is 11.4 Å². The molecule has 0 bridgehead atoms. The van der Waals surface area contributed by atoms with E-state index in [4.69, 9.17) is 5.11 Å². The number of carbonyl (C=O) groups is 1. The fourth-order valence-corrected chi connectivity index (χ4v) is 0.719. The summed E-state index contributed by atoms with van der Waals surface area (Å²) < 4.78 is 0. The first-order valence-corrected chi connectivity index (χ1v) is 3.17. The van der Waals surface area contributed by atoms with Crippen LogP contribution in [0.2, 0.25) is 0 Å². The van der Waals surface area contributed by atoms with Gasteiger partial charge in [-0.05, 0) is 6.07 Å².